The second-order valence-electron chi connectivity index (χ2n) is 4.38. The van der Waals surface area contributed by atoms with E-state index in [-0.39, 0.29) is 6.10 Å². The molecule has 0 unspecified atom stereocenters. The number of aldehydes is 1. The Hall–Kier alpha value is -1.20. The summed E-state index contributed by atoms with van der Waals surface area (Å²) in [4.78, 5) is 21.8. The van der Waals surface area contributed by atoms with Gasteiger partial charge >= 0.3 is 5.97 Å². The molecule has 0 bridgehead atoms. The van der Waals surface area contributed by atoms with Gasteiger partial charge in [-0.1, -0.05) is 0 Å². The maximum absolute atomic E-state index is 10.9. The molecule has 5 nitrogen and oxygen atoms in total. The summed E-state index contributed by atoms with van der Waals surface area (Å²) in [5, 5.41) is 0. The summed E-state index contributed by atoms with van der Waals surface area (Å²) in [6.07, 6.45) is 0.937. The van der Waals surface area contributed by atoms with Crippen LogP contribution in [-0.4, -0.2) is 36.4 Å². The molecule has 16 heavy (non-hydrogen) atoms. The second-order valence-corrected chi connectivity index (χ2v) is 4.38. The van der Waals surface area contributed by atoms with Crippen LogP contribution >= 0.6 is 0 Å². The first kappa shape index (κ1) is 11.3. The molecule has 1 heterocycles. The van der Waals surface area contributed by atoms with E-state index in [0.717, 1.165) is 0 Å². The quantitative estimate of drug-likeness (QED) is 0.509. The Morgan fingerprint density at radius 2 is 2.19 bits per heavy atom. The Balaban J connectivity index is 2.20. The lowest BCUT2D eigenvalue weighted by atomic mass is 10.1. The minimum absolute atomic E-state index is 0.320. The van der Waals surface area contributed by atoms with Crippen LogP contribution in [0.25, 0.3) is 0 Å². The molecule has 2 aliphatic rings. The van der Waals surface area contributed by atoms with Crippen molar-refractivity contribution in [3.63, 3.8) is 0 Å². The van der Waals surface area contributed by atoms with E-state index in [4.69, 9.17) is 14.2 Å². The van der Waals surface area contributed by atoms with Crippen LogP contribution < -0.4 is 0 Å². The molecule has 88 valence electrons. The molecule has 1 aliphatic carbocycles. The number of carbonyl (C=O) groups is 2. The number of ether oxygens (including phenoxy) is 3. The third kappa shape index (κ3) is 1.88. The molecule has 1 saturated heterocycles. The third-order valence-corrected chi connectivity index (χ3v) is 2.58. The summed E-state index contributed by atoms with van der Waals surface area (Å²) in [6, 6.07) is 0. The molecule has 0 aromatic rings. The fourth-order valence-corrected chi connectivity index (χ4v) is 2.07. The van der Waals surface area contributed by atoms with E-state index in [1.54, 1.807) is 19.9 Å². The number of fused-ring (bicyclic) bond motifs is 1. The number of hydrogen-bond donors (Lipinski definition) is 0. The van der Waals surface area contributed by atoms with Crippen molar-refractivity contribution in [3.05, 3.63) is 11.6 Å². The van der Waals surface area contributed by atoms with Crippen LogP contribution in [0.1, 0.15) is 20.8 Å². The molecular weight excluding hydrogens is 212 g/mol. The van der Waals surface area contributed by atoms with Gasteiger partial charge in [0.15, 0.2) is 11.9 Å². The fraction of sp³-hybridized carbons (Fsp3) is 0.636. The van der Waals surface area contributed by atoms with Gasteiger partial charge in [-0.25, -0.2) is 0 Å². The molecule has 0 N–H and O–H groups in total. The van der Waals surface area contributed by atoms with Gasteiger partial charge in [-0.15, -0.1) is 0 Å². The maximum Gasteiger partial charge on any atom is 0.303 e. The zero-order valence-electron chi connectivity index (χ0n) is 9.43. The smallest absolute Gasteiger partial charge is 0.303 e. The Kier molecular flexibility index (Phi) is 2.59. The van der Waals surface area contributed by atoms with Crippen molar-refractivity contribution in [1.29, 1.82) is 0 Å². The Morgan fingerprint density at radius 1 is 1.50 bits per heavy atom. The predicted octanol–water partition coefficient (Wildman–Crippen LogP) is 0.577. The van der Waals surface area contributed by atoms with Crippen molar-refractivity contribution < 1.29 is 23.8 Å². The minimum Gasteiger partial charge on any atom is -0.455 e. The van der Waals surface area contributed by atoms with Crippen LogP contribution in [-0.2, 0) is 23.8 Å². The first-order valence-corrected chi connectivity index (χ1v) is 5.13. The zero-order chi connectivity index (χ0) is 11.9. The van der Waals surface area contributed by atoms with Gasteiger partial charge in [-0.2, -0.15) is 0 Å². The third-order valence-electron chi connectivity index (χ3n) is 2.58. The largest absolute Gasteiger partial charge is 0.455 e. The van der Waals surface area contributed by atoms with Crippen LogP contribution in [0.15, 0.2) is 11.6 Å². The molecule has 2 rings (SSSR count). The highest BCUT2D eigenvalue weighted by Crippen LogP contribution is 2.38. The lowest BCUT2D eigenvalue weighted by molar-refractivity contribution is -0.167. The van der Waals surface area contributed by atoms with E-state index in [0.29, 0.717) is 11.9 Å². The van der Waals surface area contributed by atoms with Crippen molar-refractivity contribution in [2.45, 2.75) is 44.9 Å². The SMILES string of the molecule is CC(=O)O[C@H]1C(C=O)=C[C@H]2OC(C)(C)O[C@H]21. The maximum atomic E-state index is 10.9. The second kappa shape index (κ2) is 3.68. The Morgan fingerprint density at radius 3 is 2.75 bits per heavy atom. The summed E-state index contributed by atoms with van der Waals surface area (Å²) in [6.45, 7) is 4.87. The Bertz CT molecular complexity index is 357. The van der Waals surface area contributed by atoms with Gasteiger partial charge in [0.05, 0.1) is 0 Å². The lowest BCUT2D eigenvalue weighted by Crippen LogP contribution is -2.34. The van der Waals surface area contributed by atoms with Crippen molar-refractivity contribution in [1.82, 2.24) is 0 Å². The molecule has 0 aromatic carbocycles. The molecule has 0 radical (unpaired) electrons. The average molecular weight is 226 g/mol. The van der Waals surface area contributed by atoms with Crippen molar-refractivity contribution in [2.75, 3.05) is 0 Å². The highest BCUT2D eigenvalue weighted by molar-refractivity contribution is 5.78. The normalized spacial score (nSPS) is 35.4. The van der Waals surface area contributed by atoms with Crippen LogP contribution in [0.4, 0.5) is 0 Å². The first-order valence-electron chi connectivity index (χ1n) is 5.13. The van der Waals surface area contributed by atoms with Gasteiger partial charge in [0.25, 0.3) is 0 Å². The van der Waals surface area contributed by atoms with Crippen LogP contribution in [0.3, 0.4) is 0 Å². The number of rotatable bonds is 2. The summed E-state index contributed by atoms with van der Waals surface area (Å²) in [5.41, 5.74) is 0.403. The molecule has 1 aliphatic heterocycles. The van der Waals surface area contributed by atoms with Gasteiger partial charge < -0.3 is 14.2 Å². The summed E-state index contributed by atoms with van der Waals surface area (Å²) in [7, 11) is 0. The van der Waals surface area contributed by atoms with Crippen molar-refractivity contribution in [2.24, 2.45) is 0 Å². The van der Waals surface area contributed by atoms with E-state index in [1.165, 1.54) is 6.92 Å². The number of carbonyl (C=O) groups excluding carboxylic acids is 2. The van der Waals surface area contributed by atoms with E-state index in [9.17, 15) is 9.59 Å². The molecule has 3 atom stereocenters. The van der Waals surface area contributed by atoms with Gasteiger partial charge in [-0.3, -0.25) is 9.59 Å². The van der Waals surface area contributed by atoms with E-state index in [2.05, 4.69) is 0 Å². The summed E-state index contributed by atoms with van der Waals surface area (Å²) >= 11 is 0. The topological polar surface area (TPSA) is 61.8 Å². The molecule has 0 amide bonds. The monoisotopic (exact) mass is 226 g/mol. The zero-order valence-corrected chi connectivity index (χ0v) is 9.43. The fourth-order valence-electron chi connectivity index (χ4n) is 2.07. The highest BCUT2D eigenvalue weighted by Gasteiger charge is 2.50. The number of esters is 1. The first-order chi connectivity index (χ1) is 7.43. The molecule has 0 aromatic heterocycles. The molecule has 0 spiro atoms. The Labute approximate surface area is 93.4 Å². The highest BCUT2D eigenvalue weighted by atomic mass is 16.8. The van der Waals surface area contributed by atoms with Gasteiger partial charge in [-0.05, 0) is 19.9 Å². The van der Waals surface area contributed by atoms with E-state index < -0.39 is 24.0 Å². The van der Waals surface area contributed by atoms with Crippen molar-refractivity contribution >= 4 is 12.3 Å². The standard InChI is InChI=1S/C11H14O5/c1-6(13)14-9-7(5-12)4-8-10(9)16-11(2,3)15-8/h4-5,8-10H,1-3H3/t8-,9+,10-/m1/s1. The van der Waals surface area contributed by atoms with Crippen LogP contribution in [0.5, 0.6) is 0 Å². The van der Waals surface area contributed by atoms with E-state index >= 15 is 0 Å². The van der Waals surface area contributed by atoms with Gasteiger partial charge in [0, 0.05) is 12.5 Å². The predicted molar refractivity (Wildman–Crippen MR) is 53.5 cm³/mol. The lowest BCUT2D eigenvalue weighted by Gasteiger charge is -2.21. The molecular formula is C11H14O5. The van der Waals surface area contributed by atoms with Crippen LogP contribution in [0.2, 0.25) is 0 Å². The summed E-state index contributed by atoms with van der Waals surface area (Å²) in [5.74, 6) is -1.15. The van der Waals surface area contributed by atoms with Crippen LogP contribution in [0, 0.1) is 0 Å². The van der Waals surface area contributed by atoms with Crippen molar-refractivity contribution in [3.8, 4) is 0 Å². The molecule has 5 heteroatoms. The minimum atomic E-state index is -0.710. The average Bonchev–Trinajstić information content (AvgIpc) is 2.59. The summed E-state index contributed by atoms with van der Waals surface area (Å²) < 4.78 is 16.3. The van der Waals surface area contributed by atoms with E-state index in [1.807, 2.05) is 0 Å². The molecule has 1 fully saturated rings. The number of hydrogen-bond acceptors (Lipinski definition) is 5. The van der Waals surface area contributed by atoms with Gasteiger partial charge in [0.1, 0.15) is 18.5 Å². The molecule has 0 saturated carbocycles. The van der Waals surface area contributed by atoms with Gasteiger partial charge in [0.2, 0.25) is 0 Å².